The molecule has 1 heterocycles. The quantitative estimate of drug-likeness (QED) is 0.859. The van der Waals surface area contributed by atoms with Crippen LogP contribution in [-0.4, -0.2) is 46.4 Å². The lowest BCUT2D eigenvalue weighted by molar-refractivity contribution is -0.124. The Morgan fingerprint density at radius 2 is 1.88 bits per heavy atom. The molecule has 1 aromatic rings. The van der Waals surface area contributed by atoms with E-state index >= 15 is 0 Å². The summed E-state index contributed by atoms with van der Waals surface area (Å²) in [6.45, 7) is 2.44. The van der Waals surface area contributed by atoms with Gasteiger partial charge in [-0.05, 0) is 37.9 Å². The van der Waals surface area contributed by atoms with Crippen molar-refractivity contribution in [2.75, 3.05) is 25.4 Å². The summed E-state index contributed by atoms with van der Waals surface area (Å²) in [5, 5.41) is 2.99. The number of likely N-dealkylation sites (tertiary alicyclic amines) is 1. The molecule has 2 atom stereocenters. The summed E-state index contributed by atoms with van der Waals surface area (Å²) in [6, 6.07) is 10.1. The monoisotopic (exact) mass is 348 g/mol. The van der Waals surface area contributed by atoms with Gasteiger partial charge in [0.2, 0.25) is 5.91 Å². The van der Waals surface area contributed by atoms with E-state index in [4.69, 9.17) is 0 Å². The molecular weight excluding hydrogens is 320 g/mol. The van der Waals surface area contributed by atoms with Crippen LogP contribution in [0.1, 0.15) is 38.5 Å². The number of carbonyl (C=O) groups excluding carboxylic acids is 1. The molecule has 132 valence electrons. The third-order valence-electron chi connectivity index (χ3n) is 5.27. The van der Waals surface area contributed by atoms with Crippen molar-refractivity contribution in [1.29, 1.82) is 0 Å². The zero-order chi connectivity index (χ0) is 16.8. The van der Waals surface area contributed by atoms with Crippen molar-refractivity contribution in [3.8, 4) is 0 Å². The van der Waals surface area contributed by atoms with E-state index in [2.05, 4.69) is 10.2 Å². The van der Waals surface area contributed by atoms with Gasteiger partial charge in [0.05, 0.1) is 16.7 Å². The normalized spacial score (nSPS) is 23.9. The lowest BCUT2D eigenvalue weighted by Crippen LogP contribution is -2.38. The van der Waals surface area contributed by atoms with Crippen LogP contribution in [0.5, 0.6) is 0 Å². The zero-order valence-corrected chi connectivity index (χ0v) is 15.1. The smallest absolute Gasteiger partial charge is 0.224 e. The summed E-state index contributed by atoms with van der Waals surface area (Å²) in [6.07, 6.45) is 7.60. The minimum absolute atomic E-state index is 0.108. The molecule has 1 saturated carbocycles. The lowest BCUT2D eigenvalue weighted by atomic mass is 9.94. The number of carbonyl (C=O) groups is 1. The molecule has 2 aliphatic rings. The van der Waals surface area contributed by atoms with E-state index < -0.39 is 10.8 Å². The summed E-state index contributed by atoms with van der Waals surface area (Å²) < 4.78 is 12.2. The number of benzene rings is 1. The van der Waals surface area contributed by atoms with Crippen LogP contribution >= 0.6 is 0 Å². The molecule has 0 unspecified atom stereocenters. The first-order valence-electron chi connectivity index (χ1n) is 9.19. The molecule has 1 saturated heterocycles. The highest BCUT2D eigenvalue weighted by atomic mass is 32.2. The average molecular weight is 349 g/mol. The maximum absolute atomic E-state index is 12.4. The van der Waals surface area contributed by atoms with Gasteiger partial charge in [-0.15, -0.1) is 0 Å². The van der Waals surface area contributed by atoms with E-state index in [1.54, 1.807) is 0 Å². The predicted molar refractivity (Wildman–Crippen MR) is 97.3 cm³/mol. The molecule has 0 spiro atoms. The zero-order valence-electron chi connectivity index (χ0n) is 14.3. The number of nitrogens with zero attached hydrogens (tertiary/aromatic N) is 1. The van der Waals surface area contributed by atoms with Gasteiger partial charge in [0, 0.05) is 29.8 Å². The van der Waals surface area contributed by atoms with Crippen molar-refractivity contribution in [3.63, 3.8) is 0 Å². The summed E-state index contributed by atoms with van der Waals surface area (Å²) in [5.41, 5.74) is 0. The van der Waals surface area contributed by atoms with Crippen LogP contribution in [0.15, 0.2) is 35.2 Å². The van der Waals surface area contributed by atoms with E-state index in [0.29, 0.717) is 18.3 Å². The summed E-state index contributed by atoms with van der Waals surface area (Å²) in [5.74, 6) is 0.727. The molecule has 1 amide bonds. The number of rotatable bonds is 6. The minimum Gasteiger partial charge on any atom is -0.355 e. The molecule has 1 N–H and O–H groups in total. The van der Waals surface area contributed by atoms with Gasteiger partial charge < -0.3 is 5.32 Å². The summed E-state index contributed by atoms with van der Waals surface area (Å²) in [7, 11) is -1.04. The molecule has 0 aromatic heterocycles. The molecule has 4 nitrogen and oxygen atoms in total. The van der Waals surface area contributed by atoms with E-state index in [1.165, 1.54) is 32.1 Å². The Bertz CT molecular complexity index is 558. The number of hydrogen-bond acceptors (Lipinski definition) is 3. The predicted octanol–water partition coefficient (Wildman–Crippen LogP) is 2.57. The second-order valence-corrected chi connectivity index (χ2v) is 8.50. The maximum atomic E-state index is 12.4. The van der Waals surface area contributed by atoms with Crippen molar-refractivity contribution in [3.05, 3.63) is 30.3 Å². The molecule has 0 bridgehead atoms. The highest BCUT2D eigenvalue weighted by Crippen LogP contribution is 2.27. The maximum Gasteiger partial charge on any atom is 0.224 e. The first kappa shape index (κ1) is 17.6. The van der Waals surface area contributed by atoms with Crippen molar-refractivity contribution >= 4 is 16.7 Å². The molecule has 24 heavy (non-hydrogen) atoms. The molecule has 1 aliphatic heterocycles. The van der Waals surface area contributed by atoms with Crippen molar-refractivity contribution in [1.82, 2.24) is 10.2 Å². The molecule has 3 rings (SSSR count). The van der Waals surface area contributed by atoms with Crippen LogP contribution in [0.3, 0.4) is 0 Å². The standard InChI is InChI=1S/C19H28N2O2S/c22-19(20-12-14-24(23)18-9-5-2-6-10-18)16-11-13-21(15-16)17-7-3-1-4-8-17/h2,5-6,9-10,16-17H,1,3-4,7-8,11-15H2,(H,20,22)/t16-,24+/m1/s1. The Balaban J connectivity index is 1.39. The minimum atomic E-state index is -1.04. The first-order chi connectivity index (χ1) is 11.7. The van der Waals surface area contributed by atoms with Gasteiger partial charge in [-0.25, -0.2) is 0 Å². The van der Waals surface area contributed by atoms with Crippen LogP contribution in [0, 0.1) is 5.92 Å². The van der Waals surface area contributed by atoms with E-state index in [-0.39, 0.29) is 11.8 Å². The van der Waals surface area contributed by atoms with Crippen molar-refractivity contribution < 1.29 is 9.00 Å². The Morgan fingerprint density at radius 3 is 2.62 bits per heavy atom. The second-order valence-electron chi connectivity index (χ2n) is 6.93. The highest BCUT2D eigenvalue weighted by Gasteiger charge is 2.32. The topological polar surface area (TPSA) is 49.4 Å². The third-order valence-corrected chi connectivity index (χ3v) is 6.65. The molecule has 2 fully saturated rings. The van der Waals surface area contributed by atoms with E-state index in [0.717, 1.165) is 24.4 Å². The SMILES string of the molecule is O=C(NCC[S@](=O)c1ccccc1)[C@@H]1CCN(C2CCCCC2)C1. The molecule has 1 aromatic carbocycles. The number of hydrogen-bond donors (Lipinski definition) is 1. The fourth-order valence-electron chi connectivity index (χ4n) is 3.88. The van der Waals surface area contributed by atoms with Gasteiger partial charge in [-0.2, -0.15) is 0 Å². The second kappa shape index (κ2) is 8.77. The number of nitrogens with one attached hydrogen (secondary N) is 1. The van der Waals surface area contributed by atoms with Crippen LogP contribution in [0.4, 0.5) is 0 Å². The molecule has 0 radical (unpaired) electrons. The van der Waals surface area contributed by atoms with Crippen LogP contribution in [0.25, 0.3) is 0 Å². The fourth-order valence-corrected chi connectivity index (χ4v) is 4.86. The summed E-state index contributed by atoms with van der Waals surface area (Å²) >= 11 is 0. The van der Waals surface area contributed by atoms with E-state index in [1.807, 2.05) is 30.3 Å². The van der Waals surface area contributed by atoms with Gasteiger partial charge >= 0.3 is 0 Å². The van der Waals surface area contributed by atoms with E-state index in [9.17, 15) is 9.00 Å². The van der Waals surface area contributed by atoms with Crippen LogP contribution in [-0.2, 0) is 15.6 Å². The third kappa shape index (κ3) is 4.67. The van der Waals surface area contributed by atoms with Crippen LogP contribution in [0.2, 0.25) is 0 Å². The Kier molecular flexibility index (Phi) is 6.44. The van der Waals surface area contributed by atoms with Gasteiger partial charge in [-0.3, -0.25) is 13.9 Å². The van der Waals surface area contributed by atoms with Crippen molar-refractivity contribution in [2.45, 2.75) is 49.5 Å². The van der Waals surface area contributed by atoms with Gasteiger partial charge in [-0.1, -0.05) is 37.5 Å². The van der Waals surface area contributed by atoms with Gasteiger partial charge in [0.15, 0.2) is 0 Å². The Labute approximate surface area is 147 Å². The van der Waals surface area contributed by atoms with Crippen LogP contribution < -0.4 is 5.32 Å². The van der Waals surface area contributed by atoms with Crippen molar-refractivity contribution in [2.24, 2.45) is 5.92 Å². The Morgan fingerprint density at radius 1 is 1.12 bits per heavy atom. The van der Waals surface area contributed by atoms with Gasteiger partial charge in [0.1, 0.15) is 0 Å². The molecule has 5 heteroatoms. The Hall–Kier alpha value is -1.20. The molecular formula is C19H28N2O2S. The number of amides is 1. The van der Waals surface area contributed by atoms with Gasteiger partial charge in [0.25, 0.3) is 0 Å². The molecule has 1 aliphatic carbocycles. The lowest BCUT2D eigenvalue weighted by Gasteiger charge is -2.30. The largest absolute Gasteiger partial charge is 0.355 e. The first-order valence-corrected chi connectivity index (χ1v) is 10.5. The highest BCUT2D eigenvalue weighted by molar-refractivity contribution is 7.85. The summed E-state index contributed by atoms with van der Waals surface area (Å²) in [4.78, 5) is 15.7. The average Bonchev–Trinajstić information content (AvgIpc) is 3.13. The fraction of sp³-hybridized carbons (Fsp3) is 0.632.